The molecule has 0 fully saturated rings. The van der Waals surface area contributed by atoms with Gasteiger partial charge in [-0.1, -0.05) is 0 Å². The number of methoxy groups -OCH3 is 1. The number of ether oxygens (including phenoxy) is 2. The molecule has 1 aromatic carbocycles. The Bertz CT molecular complexity index is 1020. The van der Waals surface area contributed by atoms with E-state index in [9.17, 15) is 4.79 Å². The number of benzene rings is 1. The Morgan fingerprint density at radius 2 is 1.81 bits per heavy atom. The van der Waals surface area contributed by atoms with E-state index < -0.39 is 0 Å². The van der Waals surface area contributed by atoms with Crippen molar-refractivity contribution in [1.82, 2.24) is 19.5 Å². The van der Waals surface area contributed by atoms with Gasteiger partial charge in [-0.25, -0.2) is 9.50 Å². The molecule has 31 heavy (non-hydrogen) atoms. The van der Waals surface area contributed by atoms with Crippen LogP contribution >= 0.6 is 0 Å². The average Bonchev–Trinajstić information content (AvgIpc) is 3.11. The van der Waals surface area contributed by atoms with Gasteiger partial charge in [0.2, 0.25) is 5.91 Å². The van der Waals surface area contributed by atoms with E-state index in [4.69, 9.17) is 19.6 Å². The molecule has 3 rings (SSSR count). The topological polar surface area (TPSA) is 69.0 Å². The first kappa shape index (κ1) is 22.7. The Balaban J connectivity index is 1.97. The molecule has 0 atom stereocenters. The third kappa shape index (κ3) is 5.22. The van der Waals surface area contributed by atoms with Crippen LogP contribution in [0.1, 0.15) is 37.2 Å². The lowest BCUT2D eigenvalue weighted by Gasteiger charge is -2.18. The quantitative estimate of drug-likeness (QED) is 0.463. The van der Waals surface area contributed by atoms with Crippen molar-refractivity contribution in [3.63, 3.8) is 0 Å². The molecule has 2 aromatic heterocycles. The number of fused-ring (bicyclic) bond motifs is 1. The summed E-state index contributed by atoms with van der Waals surface area (Å²) in [7, 11) is 1.68. The van der Waals surface area contributed by atoms with Gasteiger partial charge in [0.1, 0.15) is 5.75 Å². The number of rotatable bonds is 10. The number of carbonyl (C=O) groups is 1. The van der Waals surface area contributed by atoms with E-state index >= 15 is 0 Å². The average molecular weight is 425 g/mol. The molecular formula is C24H32N4O3. The van der Waals surface area contributed by atoms with E-state index in [1.165, 1.54) is 0 Å². The lowest BCUT2D eigenvalue weighted by Crippen LogP contribution is -2.31. The number of hydrogen-bond acceptors (Lipinski definition) is 5. The van der Waals surface area contributed by atoms with Crippen LogP contribution in [0.5, 0.6) is 5.75 Å². The summed E-state index contributed by atoms with van der Waals surface area (Å²) in [6, 6.07) is 9.85. The Morgan fingerprint density at radius 3 is 2.45 bits per heavy atom. The van der Waals surface area contributed by atoms with Crippen LogP contribution < -0.4 is 4.74 Å². The van der Waals surface area contributed by atoms with Crippen molar-refractivity contribution >= 4 is 11.6 Å². The lowest BCUT2D eigenvalue weighted by molar-refractivity contribution is -0.130. The molecular weight excluding hydrogens is 392 g/mol. The van der Waals surface area contributed by atoms with E-state index in [0.717, 1.165) is 46.0 Å². The molecule has 166 valence electrons. The number of aromatic nitrogens is 3. The van der Waals surface area contributed by atoms with Crippen LogP contribution in [0.3, 0.4) is 0 Å². The van der Waals surface area contributed by atoms with Gasteiger partial charge in [0.05, 0.1) is 18.7 Å². The van der Waals surface area contributed by atoms with Crippen molar-refractivity contribution in [2.75, 3.05) is 33.4 Å². The first-order valence-electron chi connectivity index (χ1n) is 10.8. The highest BCUT2D eigenvalue weighted by Gasteiger charge is 2.22. The number of carbonyl (C=O) groups excluding carboxylic acids is 1. The summed E-state index contributed by atoms with van der Waals surface area (Å²) in [5.74, 6) is 0.884. The minimum atomic E-state index is 0.0835. The number of nitrogens with zero attached hydrogens (tertiary/aromatic N) is 4. The van der Waals surface area contributed by atoms with Crippen LogP contribution in [0.15, 0.2) is 30.3 Å². The van der Waals surface area contributed by atoms with Crippen LogP contribution in [0.4, 0.5) is 0 Å². The molecule has 0 bridgehead atoms. The minimum absolute atomic E-state index is 0.0835. The molecule has 7 nitrogen and oxygen atoms in total. The smallest absolute Gasteiger partial charge is 0.227 e. The van der Waals surface area contributed by atoms with Gasteiger partial charge >= 0.3 is 0 Å². The minimum Gasteiger partial charge on any atom is -0.494 e. The van der Waals surface area contributed by atoms with E-state index in [-0.39, 0.29) is 12.3 Å². The highest BCUT2D eigenvalue weighted by molar-refractivity contribution is 5.84. The largest absolute Gasteiger partial charge is 0.494 e. The molecule has 0 saturated carbocycles. The van der Waals surface area contributed by atoms with Crippen molar-refractivity contribution in [2.24, 2.45) is 0 Å². The predicted molar refractivity (Wildman–Crippen MR) is 122 cm³/mol. The van der Waals surface area contributed by atoms with Gasteiger partial charge in [-0.15, -0.1) is 0 Å². The molecule has 0 aliphatic rings. The van der Waals surface area contributed by atoms with Crippen molar-refractivity contribution in [1.29, 1.82) is 0 Å². The lowest BCUT2D eigenvalue weighted by atomic mass is 10.0. The van der Waals surface area contributed by atoms with Crippen LogP contribution in [0.25, 0.3) is 16.9 Å². The molecule has 0 aliphatic heterocycles. The van der Waals surface area contributed by atoms with Crippen molar-refractivity contribution < 1.29 is 14.3 Å². The fraction of sp³-hybridized carbons (Fsp3) is 0.458. The third-order valence-electron chi connectivity index (χ3n) is 5.32. The monoisotopic (exact) mass is 424 g/mol. The SMILES string of the molecule is CCN(CC)C(=O)Cc1c(-c2ccc(OCCCOC)cc2)nn2c(C)cc(C)nc12. The predicted octanol–water partition coefficient (Wildman–Crippen LogP) is 3.84. The molecule has 2 heterocycles. The number of hydrogen-bond donors (Lipinski definition) is 0. The maximum Gasteiger partial charge on any atom is 0.227 e. The molecule has 1 amide bonds. The Morgan fingerprint density at radius 1 is 1.10 bits per heavy atom. The van der Waals surface area contributed by atoms with Gasteiger partial charge < -0.3 is 14.4 Å². The standard InChI is InChI=1S/C24H32N4O3/c1-6-27(7-2)22(29)16-21-23(26-28-18(4)15-17(3)25-24(21)28)19-9-11-20(12-10-19)31-14-8-13-30-5/h9-12,15H,6-8,13-14,16H2,1-5H3. The van der Waals surface area contributed by atoms with E-state index in [1.54, 1.807) is 7.11 Å². The number of likely N-dealkylation sites (N-methyl/N-ethyl adjacent to an activating group) is 1. The summed E-state index contributed by atoms with van der Waals surface area (Å²) < 4.78 is 12.7. The van der Waals surface area contributed by atoms with Gasteiger partial charge in [-0.3, -0.25) is 4.79 Å². The summed E-state index contributed by atoms with van der Waals surface area (Å²) in [6.45, 7) is 10.6. The summed E-state index contributed by atoms with van der Waals surface area (Å²) >= 11 is 0. The van der Waals surface area contributed by atoms with Crippen molar-refractivity contribution in [3.8, 4) is 17.0 Å². The Kier molecular flexibility index (Phi) is 7.63. The van der Waals surface area contributed by atoms with Crippen LogP contribution in [-0.4, -0.2) is 58.8 Å². The maximum absolute atomic E-state index is 12.9. The van der Waals surface area contributed by atoms with E-state index in [2.05, 4.69) is 0 Å². The zero-order chi connectivity index (χ0) is 22.4. The van der Waals surface area contributed by atoms with Crippen molar-refractivity contribution in [2.45, 2.75) is 40.5 Å². The van der Waals surface area contributed by atoms with Crippen molar-refractivity contribution in [3.05, 3.63) is 47.3 Å². The van der Waals surface area contributed by atoms with Crippen LogP contribution in [0.2, 0.25) is 0 Å². The van der Waals surface area contributed by atoms with Gasteiger partial charge in [0, 0.05) is 55.7 Å². The molecule has 3 aromatic rings. The molecule has 0 saturated heterocycles. The van der Waals surface area contributed by atoms with Crippen LogP contribution in [-0.2, 0) is 16.0 Å². The second-order valence-electron chi connectivity index (χ2n) is 7.56. The third-order valence-corrected chi connectivity index (χ3v) is 5.32. The van der Waals surface area contributed by atoms with Gasteiger partial charge in [0.15, 0.2) is 5.65 Å². The first-order chi connectivity index (χ1) is 15.0. The molecule has 0 N–H and O–H groups in total. The Hall–Kier alpha value is -2.93. The van der Waals surface area contributed by atoms with Gasteiger partial charge in [0.25, 0.3) is 0 Å². The summed E-state index contributed by atoms with van der Waals surface area (Å²) in [6.07, 6.45) is 1.11. The van der Waals surface area contributed by atoms with Crippen LogP contribution in [0, 0.1) is 13.8 Å². The summed E-state index contributed by atoms with van der Waals surface area (Å²) in [5.41, 5.74) is 5.23. The molecule has 0 radical (unpaired) electrons. The fourth-order valence-electron chi connectivity index (χ4n) is 3.70. The second-order valence-corrected chi connectivity index (χ2v) is 7.56. The summed E-state index contributed by atoms with van der Waals surface area (Å²) in [5, 5.41) is 4.83. The zero-order valence-electron chi connectivity index (χ0n) is 19.1. The number of aryl methyl sites for hydroxylation is 2. The van der Waals surface area contributed by atoms with Gasteiger partial charge in [-0.2, -0.15) is 5.10 Å². The fourth-order valence-corrected chi connectivity index (χ4v) is 3.70. The molecule has 0 aliphatic carbocycles. The highest BCUT2D eigenvalue weighted by Crippen LogP contribution is 2.29. The Labute approximate surface area is 184 Å². The highest BCUT2D eigenvalue weighted by atomic mass is 16.5. The molecule has 0 unspecified atom stereocenters. The molecule has 0 spiro atoms. The van der Waals surface area contributed by atoms with E-state index in [1.807, 2.05) is 67.4 Å². The zero-order valence-corrected chi connectivity index (χ0v) is 19.1. The van der Waals surface area contributed by atoms with E-state index in [0.29, 0.717) is 26.3 Å². The normalized spacial score (nSPS) is 11.1. The molecule has 7 heteroatoms. The van der Waals surface area contributed by atoms with Gasteiger partial charge in [-0.05, 0) is 58.0 Å². The maximum atomic E-state index is 12.9. The first-order valence-corrected chi connectivity index (χ1v) is 10.8. The number of amides is 1. The summed E-state index contributed by atoms with van der Waals surface area (Å²) in [4.78, 5) is 19.5. The second kappa shape index (κ2) is 10.4.